The number of benzene rings is 5. The van der Waals surface area contributed by atoms with Crippen molar-refractivity contribution in [1.82, 2.24) is 4.90 Å². The number of hydrogen-bond acceptors (Lipinski definition) is 5. The third kappa shape index (κ3) is 4.89. The van der Waals surface area contributed by atoms with E-state index < -0.39 is 0 Å². The van der Waals surface area contributed by atoms with Crippen molar-refractivity contribution in [2.24, 2.45) is 0 Å². The summed E-state index contributed by atoms with van der Waals surface area (Å²) in [6, 6.07) is 34.3. The van der Waals surface area contributed by atoms with Gasteiger partial charge in [-0.3, -0.25) is 19.3 Å². The number of anilines is 1. The zero-order valence-corrected chi connectivity index (χ0v) is 22.3. The molecule has 0 saturated carbocycles. The molecule has 6 rings (SSSR count). The van der Waals surface area contributed by atoms with Gasteiger partial charge in [0, 0.05) is 35.3 Å². The van der Waals surface area contributed by atoms with Gasteiger partial charge in [-0.1, -0.05) is 54.6 Å². The molecule has 1 aliphatic rings. The molecule has 1 heterocycles. The van der Waals surface area contributed by atoms with Gasteiger partial charge in [0.2, 0.25) is 0 Å². The lowest BCUT2D eigenvalue weighted by Crippen LogP contribution is -2.46. The molecule has 0 aromatic heterocycles. The maximum atomic E-state index is 13.9. The molecule has 0 atom stereocenters. The summed E-state index contributed by atoms with van der Waals surface area (Å²) >= 11 is 0. The minimum atomic E-state index is -0.379. The molecule has 0 fully saturated rings. The van der Waals surface area contributed by atoms with E-state index in [1.165, 1.54) is 12.0 Å². The second kappa shape index (κ2) is 11.0. The lowest BCUT2D eigenvalue weighted by atomic mass is 9.94. The molecule has 7 heteroatoms. The predicted molar refractivity (Wildman–Crippen MR) is 157 cm³/mol. The van der Waals surface area contributed by atoms with Crippen molar-refractivity contribution in [3.05, 3.63) is 132 Å². The van der Waals surface area contributed by atoms with Crippen molar-refractivity contribution < 1.29 is 23.9 Å². The fourth-order valence-corrected chi connectivity index (χ4v) is 5.12. The number of hydrogen-bond donors (Lipinski definition) is 0. The number of amides is 3. The zero-order valence-electron chi connectivity index (χ0n) is 22.3. The fourth-order valence-electron chi connectivity index (χ4n) is 5.12. The second-order valence-corrected chi connectivity index (χ2v) is 9.54. The molecule has 0 spiro atoms. The Balaban J connectivity index is 1.31. The number of ether oxygens (including phenoxy) is 2. The van der Waals surface area contributed by atoms with Crippen molar-refractivity contribution in [3.63, 3.8) is 0 Å². The van der Waals surface area contributed by atoms with Crippen LogP contribution in [0.1, 0.15) is 31.1 Å². The standard InChI is InChI=1S/C34H26N2O5/c1-40-30-16-6-5-13-27(30)32(37)35(24-17-19-26(20-18-24)41-25-11-3-2-4-12-25)21-22-36-33(38)28-14-7-9-23-10-8-15-29(31(23)28)34(36)39/h2-20H,21-22H2,1H3. The normalized spacial score (nSPS) is 12.4. The van der Waals surface area contributed by atoms with E-state index in [2.05, 4.69) is 0 Å². The van der Waals surface area contributed by atoms with Crippen LogP contribution in [0.5, 0.6) is 17.2 Å². The van der Waals surface area contributed by atoms with Gasteiger partial charge in [0.15, 0.2) is 0 Å². The lowest BCUT2D eigenvalue weighted by molar-refractivity contribution is 0.0611. The molecule has 5 aromatic carbocycles. The number of imide groups is 1. The van der Waals surface area contributed by atoms with E-state index in [0.717, 1.165) is 5.39 Å². The van der Waals surface area contributed by atoms with E-state index in [1.54, 1.807) is 65.6 Å². The number of para-hydroxylation sites is 2. The fraction of sp³-hybridized carbons (Fsp3) is 0.0882. The Hall–Kier alpha value is -5.43. The van der Waals surface area contributed by atoms with E-state index in [1.807, 2.05) is 54.6 Å². The molecular weight excluding hydrogens is 516 g/mol. The molecule has 0 aliphatic carbocycles. The molecule has 0 unspecified atom stereocenters. The molecule has 0 N–H and O–H groups in total. The molecule has 7 nitrogen and oxygen atoms in total. The van der Waals surface area contributed by atoms with E-state index in [9.17, 15) is 14.4 Å². The van der Waals surface area contributed by atoms with Crippen LogP contribution in [0.25, 0.3) is 10.8 Å². The summed E-state index contributed by atoms with van der Waals surface area (Å²) in [5.74, 6) is 0.650. The Labute approximate surface area is 237 Å². The van der Waals surface area contributed by atoms with Gasteiger partial charge < -0.3 is 14.4 Å². The van der Waals surface area contributed by atoms with Crippen LogP contribution in [0.2, 0.25) is 0 Å². The van der Waals surface area contributed by atoms with Crippen LogP contribution in [0, 0.1) is 0 Å². The van der Waals surface area contributed by atoms with Crippen LogP contribution in [-0.2, 0) is 0 Å². The first kappa shape index (κ1) is 25.8. The van der Waals surface area contributed by atoms with Crippen molar-refractivity contribution in [2.45, 2.75) is 0 Å². The van der Waals surface area contributed by atoms with Crippen LogP contribution in [0.3, 0.4) is 0 Å². The van der Waals surface area contributed by atoms with Crippen LogP contribution in [-0.4, -0.2) is 42.8 Å². The summed E-state index contributed by atoms with van der Waals surface area (Å²) in [6.07, 6.45) is 0. The van der Waals surface area contributed by atoms with Gasteiger partial charge in [-0.15, -0.1) is 0 Å². The number of methoxy groups -OCH3 is 1. The van der Waals surface area contributed by atoms with Gasteiger partial charge in [-0.2, -0.15) is 0 Å². The van der Waals surface area contributed by atoms with Crippen LogP contribution in [0.15, 0.2) is 115 Å². The highest BCUT2D eigenvalue weighted by Gasteiger charge is 2.33. The molecule has 1 aliphatic heterocycles. The Bertz CT molecular complexity index is 1720. The van der Waals surface area contributed by atoms with Crippen LogP contribution >= 0.6 is 0 Å². The third-order valence-electron chi connectivity index (χ3n) is 7.11. The molecule has 0 bridgehead atoms. The first-order valence-electron chi connectivity index (χ1n) is 13.2. The van der Waals surface area contributed by atoms with E-state index >= 15 is 0 Å². The second-order valence-electron chi connectivity index (χ2n) is 9.54. The highest BCUT2D eigenvalue weighted by molar-refractivity contribution is 6.25. The molecular formula is C34H26N2O5. The van der Waals surface area contributed by atoms with Gasteiger partial charge in [0.1, 0.15) is 17.2 Å². The van der Waals surface area contributed by atoms with Crippen molar-refractivity contribution in [3.8, 4) is 17.2 Å². The summed E-state index contributed by atoms with van der Waals surface area (Å²) < 4.78 is 11.4. The predicted octanol–water partition coefficient (Wildman–Crippen LogP) is 6.58. The minimum Gasteiger partial charge on any atom is -0.496 e. The smallest absolute Gasteiger partial charge is 0.262 e. The number of rotatable bonds is 8. The molecule has 0 radical (unpaired) electrons. The number of carbonyl (C=O) groups is 3. The summed E-state index contributed by atoms with van der Waals surface area (Å²) in [7, 11) is 1.51. The summed E-state index contributed by atoms with van der Waals surface area (Å²) in [5, 5.41) is 1.50. The first-order chi connectivity index (χ1) is 20.0. The van der Waals surface area contributed by atoms with Gasteiger partial charge in [-0.05, 0) is 66.0 Å². The third-order valence-corrected chi connectivity index (χ3v) is 7.11. The Kier molecular flexibility index (Phi) is 6.92. The Morgan fingerprint density at radius 3 is 1.98 bits per heavy atom. The molecule has 3 amide bonds. The van der Waals surface area contributed by atoms with Crippen LogP contribution in [0.4, 0.5) is 5.69 Å². The monoisotopic (exact) mass is 542 g/mol. The number of carbonyl (C=O) groups excluding carboxylic acids is 3. The van der Waals surface area contributed by atoms with Crippen molar-refractivity contribution >= 4 is 34.2 Å². The largest absolute Gasteiger partial charge is 0.496 e. The average Bonchev–Trinajstić information content (AvgIpc) is 3.02. The maximum Gasteiger partial charge on any atom is 0.262 e. The average molecular weight is 543 g/mol. The SMILES string of the molecule is COc1ccccc1C(=O)N(CCN1C(=O)c2cccc3cccc(c23)C1=O)c1ccc(Oc2ccccc2)cc1. The maximum absolute atomic E-state index is 13.9. The molecule has 41 heavy (non-hydrogen) atoms. The van der Waals surface area contributed by atoms with Crippen molar-refractivity contribution in [2.75, 3.05) is 25.1 Å². The first-order valence-corrected chi connectivity index (χ1v) is 13.2. The molecule has 5 aromatic rings. The van der Waals surface area contributed by atoms with Gasteiger partial charge in [0.25, 0.3) is 17.7 Å². The van der Waals surface area contributed by atoms with Gasteiger partial charge >= 0.3 is 0 Å². The highest BCUT2D eigenvalue weighted by atomic mass is 16.5. The van der Waals surface area contributed by atoms with E-state index in [0.29, 0.717) is 45.0 Å². The topological polar surface area (TPSA) is 76.2 Å². The lowest BCUT2D eigenvalue weighted by Gasteiger charge is -2.30. The highest BCUT2D eigenvalue weighted by Crippen LogP contribution is 2.31. The Morgan fingerprint density at radius 1 is 0.707 bits per heavy atom. The van der Waals surface area contributed by atoms with E-state index in [4.69, 9.17) is 9.47 Å². The summed E-state index contributed by atoms with van der Waals surface area (Å²) in [5.41, 5.74) is 1.90. The molecule has 0 saturated heterocycles. The van der Waals surface area contributed by atoms with Crippen molar-refractivity contribution in [1.29, 1.82) is 0 Å². The Morgan fingerprint density at radius 2 is 1.32 bits per heavy atom. The minimum absolute atomic E-state index is 0.00550. The molecule has 202 valence electrons. The quantitative estimate of drug-likeness (QED) is 0.207. The number of nitrogens with zero attached hydrogens (tertiary/aromatic N) is 2. The van der Waals surface area contributed by atoms with Gasteiger partial charge in [0.05, 0.1) is 12.7 Å². The summed E-state index contributed by atoms with van der Waals surface area (Å²) in [4.78, 5) is 43.7. The van der Waals surface area contributed by atoms with E-state index in [-0.39, 0.29) is 30.8 Å². The van der Waals surface area contributed by atoms with Crippen LogP contribution < -0.4 is 14.4 Å². The summed E-state index contributed by atoms with van der Waals surface area (Å²) in [6.45, 7) is 0.0803. The zero-order chi connectivity index (χ0) is 28.3. The van der Waals surface area contributed by atoms with Gasteiger partial charge in [-0.25, -0.2) is 0 Å².